The average molecular weight is 321 g/mol. The zero-order chi connectivity index (χ0) is 16.8. The molecule has 0 spiro atoms. The van der Waals surface area contributed by atoms with E-state index < -0.39 is 30.4 Å². The summed E-state index contributed by atoms with van der Waals surface area (Å²) in [5.41, 5.74) is 6.24. The minimum atomic E-state index is -0.689. The van der Waals surface area contributed by atoms with E-state index in [0.29, 0.717) is 11.4 Å². The lowest BCUT2D eigenvalue weighted by Crippen LogP contribution is -2.42. The molecule has 7 nitrogen and oxygen atoms in total. The molecule has 2 N–H and O–H groups in total. The first-order valence-corrected chi connectivity index (χ1v) is 7.10. The van der Waals surface area contributed by atoms with Crippen molar-refractivity contribution in [3.8, 4) is 5.75 Å². The van der Waals surface area contributed by atoms with Crippen molar-refractivity contribution in [1.29, 1.82) is 0 Å². The standard InChI is InChI=1S/C16H19NO6/c1-10(18)20-9-15-14(21-11(2)19)7-8-16(23-15)22-13-5-3-12(17)4-6-13/h3-8,14-16H,9,17H2,1-2H3/t14?,15?,16-/m0/s1. The van der Waals surface area contributed by atoms with Gasteiger partial charge in [-0.3, -0.25) is 9.59 Å². The van der Waals surface area contributed by atoms with Gasteiger partial charge in [-0.05, 0) is 36.4 Å². The Kier molecular flexibility index (Phi) is 5.59. The topological polar surface area (TPSA) is 97.1 Å². The molecule has 1 heterocycles. The van der Waals surface area contributed by atoms with Crippen molar-refractivity contribution < 1.29 is 28.5 Å². The smallest absolute Gasteiger partial charge is 0.303 e. The van der Waals surface area contributed by atoms with Gasteiger partial charge in [-0.1, -0.05) is 0 Å². The molecule has 0 aromatic heterocycles. The molecule has 3 atom stereocenters. The summed E-state index contributed by atoms with van der Waals surface area (Å²) in [6, 6.07) is 6.84. The summed E-state index contributed by atoms with van der Waals surface area (Å²) < 4.78 is 21.4. The second-order valence-corrected chi connectivity index (χ2v) is 4.99. The first kappa shape index (κ1) is 16.8. The van der Waals surface area contributed by atoms with Gasteiger partial charge in [-0.2, -0.15) is 0 Å². The summed E-state index contributed by atoms with van der Waals surface area (Å²) in [6.07, 6.45) is 1.31. The fourth-order valence-corrected chi connectivity index (χ4v) is 2.01. The Morgan fingerprint density at radius 1 is 1.13 bits per heavy atom. The number of ether oxygens (including phenoxy) is 4. The molecular weight excluding hydrogens is 302 g/mol. The molecule has 0 radical (unpaired) electrons. The van der Waals surface area contributed by atoms with Crippen molar-refractivity contribution in [2.24, 2.45) is 0 Å². The van der Waals surface area contributed by atoms with Crippen LogP contribution in [-0.4, -0.2) is 37.0 Å². The highest BCUT2D eigenvalue weighted by Crippen LogP contribution is 2.21. The van der Waals surface area contributed by atoms with Gasteiger partial charge in [-0.25, -0.2) is 0 Å². The molecule has 23 heavy (non-hydrogen) atoms. The molecular formula is C16H19NO6. The van der Waals surface area contributed by atoms with E-state index in [0.717, 1.165) is 0 Å². The third-order valence-electron chi connectivity index (χ3n) is 3.02. The number of carbonyl (C=O) groups excluding carboxylic acids is 2. The van der Waals surface area contributed by atoms with E-state index in [1.807, 2.05) is 0 Å². The Bertz CT molecular complexity index is 583. The van der Waals surface area contributed by atoms with E-state index in [4.69, 9.17) is 24.7 Å². The van der Waals surface area contributed by atoms with Crippen LogP contribution in [0.25, 0.3) is 0 Å². The second-order valence-electron chi connectivity index (χ2n) is 4.99. The van der Waals surface area contributed by atoms with Crippen molar-refractivity contribution in [3.05, 3.63) is 36.4 Å². The maximum atomic E-state index is 11.1. The maximum Gasteiger partial charge on any atom is 0.303 e. The van der Waals surface area contributed by atoms with Gasteiger partial charge < -0.3 is 24.7 Å². The predicted molar refractivity (Wildman–Crippen MR) is 81.5 cm³/mol. The number of rotatable bonds is 5. The Balaban J connectivity index is 2.03. The van der Waals surface area contributed by atoms with E-state index in [1.165, 1.54) is 13.8 Å². The van der Waals surface area contributed by atoms with Crippen LogP contribution in [0, 0.1) is 0 Å². The zero-order valence-electron chi connectivity index (χ0n) is 12.9. The van der Waals surface area contributed by atoms with Crippen LogP contribution in [0.2, 0.25) is 0 Å². The maximum absolute atomic E-state index is 11.1. The van der Waals surface area contributed by atoms with Gasteiger partial charge in [0, 0.05) is 19.5 Å². The molecule has 1 aliphatic heterocycles. The molecule has 124 valence electrons. The van der Waals surface area contributed by atoms with Crippen molar-refractivity contribution in [1.82, 2.24) is 0 Å². The fraction of sp³-hybridized carbons (Fsp3) is 0.375. The zero-order valence-corrected chi connectivity index (χ0v) is 12.9. The molecule has 0 saturated carbocycles. The lowest BCUT2D eigenvalue weighted by atomic mass is 10.1. The van der Waals surface area contributed by atoms with E-state index in [9.17, 15) is 9.59 Å². The number of nitrogens with two attached hydrogens (primary N) is 1. The molecule has 2 rings (SSSR count). The Labute approximate surface area is 134 Å². The van der Waals surface area contributed by atoms with E-state index in [1.54, 1.807) is 36.4 Å². The quantitative estimate of drug-likeness (QED) is 0.497. The number of esters is 2. The van der Waals surface area contributed by atoms with Gasteiger partial charge >= 0.3 is 11.9 Å². The van der Waals surface area contributed by atoms with Crippen LogP contribution >= 0.6 is 0 Å². The summed E-state index contributed by atoms with van der Waals surface area (Å²) in [7, 11) is 0. The molecule has 0 saturated heterocycles. The average Bonchev–Trinajstić information content (AvgIpc) is 2.49. The summed E-state index contributed by atoms with van der Waals surface area (Å²) in [5.74, 6) is -0.319. The highest BCUT2D eigenvalue weighted by Gasteiger charge is 2.31. The van der Waals surface area contributed by atoms with Crippen molar-refractivity contribution >= 4 is 17.6 Å². The van der Waals surface area contributed by atoms with Crippen molar-refractivity contribution in [3.63, 3.8) is 0 Å². The highest BCUT2D eigenvalue weighted by atomic mass is 16.7. The Morgan fingerprint density at radius 2 is 1.83 bits per heavy atom. The lowest BCUT2D eigenvalue weighted by molar-refractivity contribution is -0.178. The molecule has 0 fully saturated rings. The lowest BCUT2D eigenvalue weighted by Gasteiger charge is -2.31. The van der Waals surface area contributed by atoms with E-state index in [2.05, 4.69) is 0 Å². The fourth-order valence-electron chi connectivity index (χ4n) is 2.01. The number of nitrogen functional groups attached to an aromatic ring is 1. The minimum Gasteiger partial charge on any atom is -0.463 e. The van der Waals surface area contributed by atoms with Crippen molar-refractivity contribution in [2.45, 2.75) is 32.3 Å². The van der Waals surface area contributed by atoms with Crippen LogP contribution in [0.1, 0.15) is 13.8 Å². The van der Waals surface area contributed by atoms with Crippen LogP contribution in [0.3, 0.4) is 0 Å². The third-order valence-corrected chi connectivity index (χ3v) is 3.02. The first-order valence-electron chi connectivity index (χ1n) is 7.10. The Morgan fingerprint density at radius 3 is 2.43 bits per heavy atom. The highest BCUT2D eigenvalue weighted by molar-refractivity contribution is 5.66. The van der Waals surface area contributed by atoms with Gasteiger partial charge in [0.1, 0.15) is 24.6 Å². The molecule has 7 heteroatoms. The third kappa shape index (κ3) is 5.30. The molecule has 1 aromatic carbocycles. The Hall–Kier alpha value is -2.54. The molecule has 2 unspecified atom stereocenters. The molecule has 1 aromatic rings. The van der Waals surface area contributed by atoms with Gasteiger partial charge in [0.05, 0.1) is 0 Å². The van der Waals surface area contributed by atoms with Crippen LogP contribution in [0.4, 0.5) is 5.69 Å². The summed E-state index contributed by atoms with van der Waals surface area (Å²) >= 11 is 0. The molecule has 0 amide bonds. The predicted octanol–water partition coefficient (Wildman–Crippen LogP) is 1.42. The second kappa shape index (κ2) is 7.64. The number of hydrogen-bond donors (Lipinski definition) is 1. The van der Waals surface area contributed by atoms with Crippen molar-refractivity contribution in [2.75, 3.05) is 12.3 Å². The van der Waals surface area contributed by atoms with Crippen LogP contribution in [0.15, 0.2) is 36.4 Å². The normalized spacial score (nSPS) is 23.1. The molecule has 0 bridgehead atoms. The number of benzene rings is 1. The summed E-state index contributed by atoms with van der Waals surface area (Å²) in [6.45, 7) is 2.55. The largest absolute Gasteiger partial charge is 0.463 e. The number of anilines is 1. The van der Waals surface area contributed by atoms with E-state index in [-0.39, 0.29) is 6.61 Å². The number of carbonyl (C=O) groups is 2. The molecule has 1 aliphatic rings. The van der Waals surface area contributed by atoms with Crippen LogP contribution in [-0.2, 0) is 23.8 Å². The minimum absolute atomic E-state index is 0.0424. The van der Waals surface area contributed by atoms with Gasteiger partial charge in [0.15, 0.2) is 0 Å². The van der Waals surface area contributed by atoms with Gasteiger partial charge in [0.2, 0.25) is 6.29 Å². The first-order chi connectivity index (χ1) is 10.9. The van der Waals surface area contributed by atoms with E-state index >= 15 is 0 Å². The monoisotopic (exact) mass is 321 g/mol. The SMILES string of the molecule is CC(=O)OCC1O[C@H](Oc2ccc(N)cc2)C=CC1OC(C)=O. The number of hydrogen-bond acceptors (Lipinski definition) is 7. The summed E-state index contributed by atoms with van der Waals surface area (Å²) in [5, 5.41) is 0. The van der Waals surface area contributed by atoms with Gasteiger partial charge in [-0.15, -0.1) is 0 Å². The molecule has 0 aliphatic carbocycles. The van der Waals surface area contributed by atoms with Crippen LogP contribution in [0.5, 0.6) is 5.75 Å². The summed E-state index contributed by atoms with van der Waals surface area (Å²) in [4.78, 5) is 22.1. The van der Waals surface area contributed by atoms with Gasteiger partial charge in [0.25, 0.3) is 0 Å². The van der Waals surface area contributed by atoms with Crippen LogP contribution < -0.4 is 10.5 Å².